The van der Waals surface area contributed by atoms with Crippen molar-refractivity contribution in [2.45, 2.75) is 5.41 Å². The smallest absolute Gasteiger partial charge is 0.143 e. The van der Waals surface area contributed by atoms with E-state index < -0.39 is 5.41 Å². The van der Waals surface area contributed by atoms with Crippen LogP contribution in [0.15, 0.2) is 296 Å². The van der Waals surface area contributed by atoms with Gasteiger partial charge in [0.25, 0.3) is 0 Å². The average molecular weight is 969 g/mol. The maximum atomic E-state index is 7.04. The van der Waals surface area contributed by atoms with Crippen LogP contribution in [-0.2, 0) is 5.41 Å². The van der Waals surface area contributed by atoms with Gasteiger partial charge < -0.3 is 14.2 Å². The van der Waals surface area contributed by atoms with Crippen molar-refractivity contribution in [3.8, 4) is 55.6 Å². The molecule has 0 aliphatic heterocycles. The molecule has 1 unspecified atom stereocenters. The van der Waals surface area contributed by atoms with Crippen molar-refractivity contribution < 1.29 is 4.42 Å². The fourth-order valence-corrected chi connectivity index (χ4v) is 12.5. The average Bonchev–Trinajstić information content (AvgIpc) is 4.35. The Morgan fingerprint density at radius 3 is 1.32 bits per heavy atom. The molecular formula is C73H48N2O. The fraction of sp³-hybridized carbons (Fsp3) is 0.0137. The zero-order chi connectivity index (χ0) is 50.2. The van der Waals surface area contributed by atoms with E-state index in [0.29, 0.717) is 0 Å². The van der Waals surface area contributed by atoms with Crippen molar-refractivity contribution in [1.82, 2.24) is 0 Å². The Morgan fingerprint density at radius 1 is 0.263 bits per heavy atom. The van der Waals surface area contributed by atoms with Gasteiger partial charge in [-0.2, -0.15) is 0 Å². The number of hydrogen-bond acceptors (Lipinski definition) is 3. The number of benzene rings is 12. The van der Waals surface area contributed by atoms with Gasteiger partial charge in [0.2, 0.25) is 0 Å². The standard InChI is InChI=1S/C73H48N2O/c1-5-18-49(19-6-1)52-32-38-56(39-33-52)74(57-40-34-53(35-41-57)50-20-7-2-8-21-50)59-44-45-63-67(48-59)73(66-47-46-61-60-26-14-16-31-69(60)76-72(61)71(63)66)64-28-15-13-27-62(64)70-65(73)29-17-30-68(70)75(55-24-11-4-12-25-55)58-42-36-54(37-43-58)51-22-9-3-10-23-51/h1-48H. The minimum Gasteiger partial charge on any atom is -0.455 e. The van der Waals surface area contributed by atoms with E-state index in [1.807, 2.05) is 0 Å². The Morgan fingerprint density at radius 2 is 0.711 bits per heavy atom. The van der Waals surface area contributed by atoms with Crippen molar-refractivity contribution in [3.05, 3.63) is 313 Å². The van der Waals surface area contributed by atoms with Crippen LogP contribution in [0.2, 0.25) is 0 Å². The fourth-order valence-electron chi connectivity index (χ4n) is 12.5. The van der Waals surface area contributed by atoms with Gasteiger partial charge in [0, 0.05) is 50.3 Å². The molecule has 3 heteroatoms. The Kier molecular flexibility index (Phi) is 10.1. The predicted molar refractivity (Wildman–Crippen MR) is 316 cm³/mol. The lowest BCUT2D eigenvalue weighted by molar-refractivity contribution is 0.669. The highest BCUT2D eigenvalue weighted by Gasteiger charge is 2.53. The van der Waals surface area contributed by atoms with E-state index in [0.717, 1.165) is 61.6 Å². The molecule has 356 valence electrons. The van der Waals surface area contributed by atoms with Crippen molar-refractivity contribution in [3.63, 3.8) is 0 Å². The quantitative estimate of drug-likeness (QED) is 0.144. The van der Waals surface area contributed by atoms with Gasteiger partial charge in [0.15, 0.2) is 0 Å². The molecule has 2 aliphatic carbocycles. The van der Waals surface area contributed by atoms with Crippen LogP contribution in [0.4, 0.5) is 34.1 Å². The van der Waals surface area contributed by atoms with Crippen LogP contribution < -0.4 is 9.80 Å². The van der Waals surface area contributed by atoms with Gasteiger partial charge in [0.1, 0.15) is 11.2 Å². The van der Waals surface area contributed by atoms with Gasteiger partial charge in [-0.05, 0) is 140 Å². The van der Waals surface area contributed by atoms with Gasteiger partial charge in [-0.25, -0.2) is 0 Å². The lowest BCUT2D eigenvalue weighted by Crippen LogP contribution is -2.26. The second-order valence-electron chi connectivity index (χ2n) is 19.9. The predicted octanol–water partition coefficient (Wildman–Crippen LogP) is 19.9. The molecule has 12 aromatic carbocycles. The summed E-state index contributed by atoms with van der Waals surface area (Å²) >= 11 is 0. The van der Waals surface area contributed by atoms with E-state index in [2.05, 4.69) is 301 Å². The first-order chi connectivity index (χ1) is 37.7. The molecular weight excluding hydrogens is 921 g/mol. The second kappa shape index (κ2) is 17.6. The summed E-state index contributed by atoms with van der Waals surface area (Å²) in [4.78, 5) is 4.87. The summed E-state index contributed by atoms with van der Waals surface area (Å²) in [6.45, 7) is 0. The Bertz CT molecular complexity index is 4220. The van der Waals surface area contributed by atoms with Crippen LogP contribution in [-0.4, -0.2) is 0 Å². The summed E-state index contributed by atoms with van der Waals surface area (Å²) in [5, 5.41) is 2.24. The number of rotatable bonds is 9. The van der Waals surface area contributed by atoms with E-state index in [1.165, 1.54) is 72.3 Å². The third kappa shape index (κ3) is 6.76. The molecule has 3 nitrogen and oxygen atoms in total. The largest absolute Gasteiger partial charge is 0.455 e. The first kappa shape index (κ1) is 43.6. The zero-order valence-corrected chi connectivity index (χ0v) is 41.5. The lowest BCUT2D eigenvalue weighted by Gasteiger charge is -2.33. The Hall–Kier alpha value is -9.96. The molecule has 0 radical (unpaired) electrons. The van der Waals surface area contributed by atoms with Crippen LogP contribution in [0.5, 0.6) is 0 Å². The van der Waals surface area contributed by atoms with Crippen LogP contribution in [0.3, 0.4) is 0 Å². The summed E-state index contributed by atoms with van der Waals surface area (Å²) < 4.78 is 7.04. The van der Waals surface area contributed by atoms with Crippen molar-refractivity contribution in [2.24, 2.45) is 0 Å². The summed E-state index contributed by atoms with van der Waals surface area (Å²) in [6.07, 6.45) is 0. The summed E-state index contributed by atoms with van der Waals surface area (Å²) in [5.74, 6) is 0. The molecule has 0 amide bonds. The van der Waals surface area contributed by atoms with E-state index in [4.69, 9.17) is 4.42 Å². The molecule has 1 aromatic heterocycles. The zero-order valence-electron chi connectivity index (χ0n) is 41.5. The summed E-state index contributed by atoms with van der Waals surface area (Å²) in [6, 6.07) is 106. The highest BCUT2D eigenvalue weighted by molar-refractivity contribution is 6.14. The van der Waals surface area contributed by atoms with Crippen molar-refractivity contribution in [1.29, 1.82) is 0 Å². The van der Waals surface area contributed by atoms with E-state index in [9.17, 15) is 0 Å². The number of nitrogens with zero attached hydrogens (tertiary/aromatic N) is 2. The first-order valence-corrected chi connectivity index (χ1v) is 26.2. The highest BCUT2D eigenvalue weighted by atomic mass is 16.3. The van der Waals surface area contributed by atoms with Gasteiger partial charge >= 0.3 is 0 Å². The molecule has 1 spiro atoms. The highest BCUT2D eigenvalue weighted by Crippen LogP contribution is 2.66. The van der Waals surface area contributed by atoms with Gasteiger partial charge in [-0.3, -0.25) is 0 Å². The van der Waals surface area contributed by atoms with Gasteiger partial charge in [-0.15, -0.1) is 0 Å². The number of para-hydroxylation sites is 2. The van der Waals surface area contributed by atoms with Crippen molar-refractivity contribution >= 4 is 56.1 Å². The number of furan rings is 1. The third-order valence-corrected chi connectivity index (χ3v) is 15.9. The van der Waals surface area contributed by atoms with Crippen LogP contribution in [0.25, 0.3) is 77.6 Å². The van der Waals surface area contributed by atoms with E-state index >= 15 is 0 Å². The molecule has 0 saturated carbocycles. The van der Waals surface area contributed by atoms with E-state index in [-0.39, 0.29) is 0 Å². The minimum atomic E-state index is -0.713. The number of hydrogen-bond donors (Lipinski definition) is 0. The molecule has 15 rings (SSSR count). The van der Waals surface area contributed by atoms with E-state index in [1.54, 1.807) is 0 Å². The van der Waals surface area contributed by atoms with Crippen LogP contribution >= 0.6 is 0 Å². The maximum absolute atomic E-state index is 7.04. The van der Waals surface area contributed by atoms with Crippen molar-refractivity contribution in [2.75, 3.05) is 9.80 Å². The summed E-state index contributed by atoms with van der Waals surface area (Å²) in [7, 11) is 0. The number of fused-ring (bicyclic) bond motifs is 14. The molecule has 1 atom stereocenters. The third-order valence-electron chi connectivity index (χ3n) is 15.9. The van der Waals surface area contributed by atoms with Crippen LogP contribution in [0, 0.1) is 0 Å². The molecule has 0 bridgehead atoms. The molecule has 0 fully saturated rings. The van der Waals surface area contributed by atoms with Gasteiger partial charge in [-0.1, -0.05) is 218 Å². The molecule has 1 heterocycles. The molecule has 0 N–H and O–H groups in total. The monoisotopic (exact) mass is 968 g/mol. The normalized spacial score (nSPS) is 13.8. The second-order valence-corrected chi connectivity index (χ2v) is 19.9. The Labute approximate surface area is 442 Å². The molecule has 2 aliphatic rings. The number of anilines is 6. The first-order valence-electron chi connectivity index (χ1n) is 26.2. The van der Waals surface area contributed by atoms with Gasteiger partial charge in [0.05, 0.1) is 11.1 Å². The molecule has 76 heavy (non-hydrogen) atoms. The maximum Gasteiger partial charge on any atom is 0.143 e. The minimum absolute atomic E-state index is 0.713. The topological polar surface area (TPSA) is 19.6 Å². The lowest BCUT2D eigenvalue weighted by atomic mass is 9.70. The SMILES string of the molecule is c1ccc(-c2ccc(N(c3ccc(-c4ccccc4)cc3)c3ccc4c(c3)C3(c5ccccc5-c5c(N(c6ccccc6)c6ccc(-c7ccccc7)cc6)cccc53)c3ccc5c(oc6ccccc65)c3-4)cc2)cc1. The molecule has 13 aromatic rings. The molecule has 0 saturated heterocycles. The summed E-state index contributed by atoms with van der Waals surface area (Å²) in [5.41, 5.74) is 24.4. The van der Waals surface area contributed by atoms with Crippen LogP contribution in [0.1, 0.15) is 22.3 Å². The Balaban J connectivity index is 0.980.